The van der Waals surface area contributed by atoms with Gasteiger partial charge in [0, 0.05) is 23.3 Å². The average molecular weight is 304 g/mol. The van der Waals surface area contributed by atoms with Crippen LogP contribution in [0.25, 0.3) is 28.4 Å². The van der Waals surface area contributed by atoms with Crippen LogP contribution in [0.1, 0.15) is 19.4 Å². The molecule has 1 aliphatic rings. The van der Waals surface area contributed by atoms with Crippen LogP contribution in [0.4, 0.5) is 0 Å². The van der Waals surface area contributed by atoms with E-state index in [1.165, 1.54) is 0 Å². The van der Waals surface area contributed by atoms with Crippen LogP contribution < -0.4 is 10.2 Å². The number of rotatable bonds is 1. The lowest BCUT2D eigenvalue weighted by molar-refractivity contribution is 0.159. The summed E-state index contributed by atoms with van der Waals surface area (Å²) in [5.74, 6) is 1.30. The molecule has 0 saturated carbocycles. The summed E-state index contributed by atoms with van der Waals surface area (Å²) in [5.41, 5.74) is 1.91. The van der Waals surface area contributed by atoms with E-state index >= 15 is 0 Å². The van der Waals surface area contributed by atoms with Crippen molar-refractivity contribution in [2.45, 2.75) is 19.4 Å². The maximum atomic E-state index is 12.5. The normalized spacial score (nSPS) is 15.2. The highest BCUT2D eigenvalue weighted by molar-refractivity contribution is 5.84. The summed E-state index contributed by atoms with van der Waals surface area (Å²) >= 11 is 0. The molecule has 0 N–H and O–H groups in total. The molecule has 4 rings (SSSR count). The summed E-state index contributed by atoms with van der Waals surface area (Å²) in [5, 5.41) is 0.566. The zero-order chi connectivity index (χ0) is 16.0. The molecule has 0 saturated heterocycles. The highest BCUT2D eigenvalue weighted by Gasteiger charge is 2.22. The van der Waals surface area contributed by atoms with E-state index in [-0.39, 0.29) is 11.0 Å². The molecule has 0 atom stereocenters. The minimum atomic E-state index is -0.363. The lowest BCUT2D eigenvalue weighted by Crippen LogP contribution is -2.27. The fourth-order valence-electron chi connectivity index (χ4n) is 2.77. The topological polar surface area (TPSA) is 39.4 Å². The lowest BCUT2D eigenvalue weighted by Gasteiger charge is -2.27. The van der Waals surface area contributed by atoms with E-state index in [1.807, 2.05) is 68.5 Å². The Bertz CT molecular complexity index is 979. The number of hydrogen-bond acceptors (Lipinski definition) is 3. The van der Waals surface area contributed by atoms with Crippen molar-refractivity contribution in [1.29, 1.82) is 0 Å². The molecular formula is C20H16O3. The van der Waals surface area contributed by atoms with E-state index in [1.54, 1.807) is 6.07 Å². The van der Waals surface area contributed by atoms with Crippen LogP contribution in [0.3, 0.4) is 0 Å². The highest BCUT2D eigenvalue weighted by atomic mass is 16.5. The van der Waals surface area contributed by atoms with Gasteiger partial charge in [-0.25, -0.2) is 0 Å². The quantitative estimate of drug-likeness (QED) is 0.657. The van der Waals surface area contributed by atoms with Gasteiger partial charge in [0.25, 0.3) is 0 Å². The third-order valence-corrected chi connectivity index (χ3v) is 3.96. The molecular weight excluding hydrogens is 288 g/mol. The molecule has 23 heavy (non-hydrogen) atoms. The van der Waals surface area contributed by atoms with Gasteiger partial charge in [-0.15, -0.1) is 0 Å². The van der Waals surface area contributed by atoms with Crippen molar-refractivity contribution >= 4 is 17.0 Å². The van der Waals surface area contributed by atoms with Crippen molar-refractivity contribution in [3.63, 3.8) is 0 Å². The molecule has 0 amide bonds. The minimum absolute atomic E-state index is 0.0499. The largest absolute Gasteiger partial charge is 0.483 e. The second kappa shape index (κ2) is 4.85. The van der Waals surface area contributed by atoms with Crippen LogP contribution in [0.2, 0.25) is 0 Å². The zero-order valence-electron chi connectivity index (χ0n) is 13.0. The van der Waals surface area contributed by atoms with E-state index in [2.05, 4.69) is 0 Å². The molecule has 3 aromatic rings. The van der Waals surface area contributed by atoms with E-state index in [9.17, 15) is 4.79 Å². The molecule has 2 heterocycles. The summed E-state index contributed by atoms with van der Waals surface area (Å²) in [6.07, 6.45) is 3.98. The van der Waals surface area contributed by atoms with Crippen LogP contribution in [0.15, 0.2) is 63.8 Å². The molecule has 0 fully saturated rings. The van der Waals surface area contributed by atoms with Gasteiger partial charge in [0.05, 0.1) is 5.39 Å². The van der Waals surface area contributed by atoms with E-state index < -0.39 is 0 Å². The predicted molar refractivity (Wildman–Crippen MR) is 91.7 cm³/mol. The van der Waals surface area contributed by atoms with Gasteiger partial charge in [0.2, 0.25) is 0 Å². The van der Waals surface area contributed by atoms with Crippen molar-refractivity contribution in [1.82, 2.24) is 0 Å². The van der Waals surface area contributed by atoms with Crippen molar-refractivity contribution in [2.24, 2.45) is 0 Å². The third kappa shape index (κ3) is 2.44. The molecule has 114 valence electrons. The highest BCUT2D eigenvalue weighted by Crippen LogP contribution is 2.34. The summed E-state index contributed by atoms with van der Waals surface area (Å²) in [7, 11) is 0. The van der Waals surface area contributed by atoms with Crippen molar-refractivity contribution in [2.75, 3.05) is 0 Å². The first-order chi connectivity index (χ1) is 11.0. The monoisotopic (exact) mass is 304 g/mol. The average Bonchev–Trinajstić information content (AvgIpc) is 2.53. The van der Waals surface area contributed by atoms with Crippen molar-refractivity contribution in [3.8, 4) is 17.1 Å². The van der Waals surface area contributed by atoms with E-state index in [0.29, 0.717) is 16.7 Å². The maximum Gasteiger partial charge on any atom is 0.193 e. The first-order valence-corrected chi connectivity index (χ1v) is 7.57. The van der Waals surface area contributed by atoms with Gasteiger partial charge in [-0.3, -0.25) is 4.79 Å². The van der Waals surface area contributed by atoms with Gasteiger partial charge in [-0.1, -0.05) is 36.4 Å². The summed E-state index contributed by atoms with van der Waals surface area (Å²) in [4.78, 5) is 12.5. The van der Waals surface area contributed by atoms with Gasteiger partial charge < -0.3 is 9.15 Å². The van der Waals surface area contributed by atoms with E-state index in [4.69, 9.17) is 9.15 Å². The Balaban J connectivity index is 1.94. The predicted octanol–water partition coefficient (Wildman–Crippen LogP) is 4.64. The Morgan fingerprint density at radius 1 is 1.00 bits per heavy atom. The van der Waals surface area contributed by atoms with Crippen LogP contribution in [-0.2, 0) is 0 Å². The number of hydrogen-bond donors (Lipinski definition) is 0. The van der Waals surface area contributed by atoms with E-state index in [0.717, 1.165) is 16.9 Å². The van der Waals surface area contributed by atoms with Crippen LogP contribution >= 0.6 is 0 Å². The van der Waals surface area contributed by atoms with Gasteiger partial charge in [0.15, 0.2) is 5.43 Å². The first kappa shape index (κ1) is 13.8. The Kier molecular flexibility index (Phi) is 2.91. The fourth-order valence-corrected chi connectivity index (χ4v) is 2.77. The standard InChI is InChI=1S/C20H16O3/c1-20(2)9-8-14-10-15-16(21)11-17(13-6-4-3-5-7-13)22-19(15)12-18(14)23-20/h3-12H,1-2H3. The molecule has 2 aromatic carbocycles. The Morgan fingerprint density at radius 3 is 2.57 bits per heavy atom. The molecule has 0 aliphatic carbocycles. The van der Waals surface area contributed by atoms with Crippen LogP contribution in [0, 0.1) is 0 Å². The van der Waals surface area contributed by atoms with Crippen LogP contribution in [0.5, 0.6) is 5.75 Å². The van der Waals surface area contributed by atoms with Gasteiger partial charge in [-0.05, 0) is 26.0 Å². The molecule has 3 nitrogen and oxygen atoms in total. The molecule has 3 heteroatoms. The molecule has 0 spiro atoms. The number of benzene rings is 2. The molecule has 1 aliphatic heterocycles. The Morgan fingerprint density at radius 2 is 1.78 bits per heavy atom. The first-order valence-electron chi connectivity index (χ1n) is 7.57. The number of ether oxygens (including phenoxy) is 1. The minimum Gasteiger partial charge on any atom is -0.483 e. The Labute approximate surface area is 133 Å². The second-order valence-corrected chi connectivity index (χ2v) is 6.27. The summed E-state index contributed by atoms with van der Waals surface area (Å²) in [6.45, 7) is 3.99. The van der Waals surface area contributed by atoms with Crippen molar-refractivity contribution < 1.29 is 9.15 Å². The molecule has 0 unspecified atom stereocenters. The molecule has 0 bridgehead atoms. The SMILES string of the molecule is CC1(C)C=Cc2cc3c(=O)cc(-c4ccccc4)oc3cc2O1. The van der Waals surface area contributed by atoms with Gasteiger partial charge >= 0.3 is 0 Å². The summed E-state index contributed by atoms with van der Waals surface area (Å²) < 4.78 is 11.9. The molecule has 0 radical (unpaired) electrons. The maximum absolute atomic E-state index is 12.5. The fraction of sp³-hybridized carbons (Fsp3) is 0.150. The lowest BCUT2D eigenvalue weighted by atomic mass is 10.0. The third-order valence-electron chi connectivity index (χ3n) is 3.96. The smallest absolute Gasteiger partial charge is 0.193 e. The zero-order valence-corrected chi connectivity index (χ0v) is 13.0. The van der Waals surface area contributed by atoms with Crippen molar-refractivity contribution in [3.05, 3.63) is 70.4 Å². The summed E-state index contributed by atoms with van der Waals surface area (Å²) in [6, 6.07) is 14.8. The molecule has 1 aromatic heterocycles. The Hall–Kier alpha value is -2.81. The van der Waals surface area contributed by atoms with Gasteiger partial charge in [-0.2, -0.15) is 0 Å². The second-order valence-electron chi connectivity index (χ2n) is 6.27. The number of fused-ring (bicyclic) bond motifs is 2. The van der Waals surface area contributed by atoms with Crippen LogP contribution in [-0.4, -0.2) is 5.60 Å². The van der Waals surface area contributed by atoms with Gasteiger partial charge in [0.1, 0.15) is 22.7 Å².